The Morgan fingerprint density at radius 2 is 2.12 bits per heavy atom. The van der Waals surface area contributed by atoms with Gasteiger partial charge in [-0.25, -0.2) is 19.7 Å². The summed E-state index contributed by atoms with van der Waals surface area (Å²) in [5, 5.41) is 9.91. The Bertz CT molecular complexity index is 506. The van der Waals surface area contributed by atoms with Gasteiger partial charge in [0, 0.05) is 6.20 Å². The summed E-state index contributed by atoms with van der Waals surface area (Å²) in [6.07, 6.45) is 5.70. The molecular formula is C9H6N4O2S. The van der Waals surface area contributed by atoms with E-state index in [1.165, 1.54) is 30.5 Å². The molecule has 0 bridgehead atoms. The highest BCUT2D eigenvalue weighted by molar-refractivity contribution is 7.99. The number of nitrogens with zero attached hydrogens (tertiary/aromatic N) is 4. The minimum atomic E-state index is -1.10. The van der Waals surface area contributed by atoms with Crippen LogP contribution in [0.2, 0.25) is 0 Å². The van der Waals surface area contributed by atoms with Gasteiger partial charge in [0.15, 0.2) is 5.69 Å². The Labute approximate surface area is 94.8 Å². The maximum absolute atomic E-state index is 10.7. The first-order valence-electron chi connectivity index (χ1n) is 4.25. The maximum atomic E-state index is 10.7. The minimum Gasteiger partial charge on any atom is -0.476 e. The zero-order valence-corrected chi connectivity index (χ0v) is 8.76. The molecule has 2 aromatic heterocycles. The molecule has 0 spiro atoms. The predicted molar refractivity (Wildman–Crippen MR) is 55.1 cm³/mol. The van der Waals surface area contributed by atoms with Gasteiger partial charge in [-0.2, -0.15) is 0 Å². The van der Waals surface area contributed by atoms with E-state index in [0.29, 0.717) is 10.1 Å². The molecule has 0 fully saturated rings. The third-order valence-corrected chi connectivity index (χ3v) is 2.45. The Balaban J connectivity index is 2.22. The molecule has 0 aromatic carbocycles. The van der Waals surface area contributed by atoms with Gasteiger partial charge in [-0.05, 0) is 17.8 Å². The molecule has 0 amide bonds. The van der Waals surface area contributed by atoms with Crippen LogP contribution in [0.5, 0.6) is 0 Å². The van der Waals surface area contributed by atoms with Gasteiger partial charge < -0.3 is 5.11 Å². The highest BCUT2D eigenvalue weighted by atomic mass is 32.2. The molecule has 0 aliphatic rings. The van der Waals surface area contributed by atoms with Crippen molar-refractivity contribution in [2.75, 3.05) is 0 Å². The summed E-state index contributed by atoms with van der Waals surface area (Å²) in [7, 11) is 0. The van der Waals surface area contributed by atoms with E-state index in [-0.39, 0.29) is 5.69 Å². The summed E-state index contributed by atoms with van der Waals surface area (Å²) in [5.41, 5.74) is -0.0842. The van der Waals surface area contributed by atoms with Crippen molar-refractivity contribution in [3.63, 3.8) is 0 Å². The first-order chi connectivity index (χ1) is 7.75. The van der Waals surface area contributed by atoms with Gasteiger partial charge in [-0.3, -0.25) is 4.98 Å². The molecule has 16 heavy (non-hydrogen) atoms. The lowest BCUT2D eigenvalue weighted by Gasteiger charge is -1.99. The zero-order chi connectivity index (χ0) is 11.4. The molecular weight excluding hydrogens is 228 g/mol. The van der Waals surface area contributed by atoms with Crippen LogP contribution in [-0.4, -0.2) is 31.0 Å². The molecule has 2 aromatic rings. The van der Waals surface area contributed by atoms with Crippen molar-refractivity contribution in [1.29, 1.82) is 0 Å². The average Bonchev–Trinajstić information content (AvgIpc) is 2.30. The van der Waals surface area contributed by atoms with Crippen LogP contribution < -0.4 is 0 Å². The minimum absolute atomic E-state index is 0.0842. The number of aromatic carboxylic acids is 1. The van der Waals surface area contributed by atoms with Gasteiger partial charge in [0.2, 0.25) is 0 Å². The van der Waals surface area contributed by atoms with Crippen molar-refractivity contribution in [2.24, 2.45) is 0 Å². The van der Waals surface area contributed by atoms with Crippen molar-refractivity contribution >= 4 is 17.7 Å². The molecule has 2 heterocycles. The number of rotatable bonds is 3. The third-order valence-electron chi connectivity index (χ3n) is 1.60. The normalized spacial score (nSPS) is 10.0. The van der Waals surface area contributed by atoms with E-state index in [9.17, 15) is 4.79 Å². The van der Waals surface area contributed by atoms with E-state index in [1.54, 1.807) is 12.3 Å². The third kappa shape index (κ3) is 2.51. The number of carboxylic acids is 1. The van der Waals surface area contributed by atoms with Crippen LogP contribution in [0.25, 0.3) is 0 Å². The van der Waals surface area contributed by atoms with Gasteiger partial charge in [-0.15, -0.1) is 0 Å². The van der Waals surface area contributed by atoms with Crippen LogP contribution in [0, 0.1) is 0 Å². The Kier molecular flexibility index (Phi) is 3.06. The van der Waals surface area contributed by atoms with Gasteiger partial charge in [0.05, 0.1) is 12.4 Å². The highest BCUT2D eigenvalue weighted by Gasteiger charge is 2.07. The molecule has 2 rings (SSSR count). The fourth-order valence-corrected chi connectivity index (χ4v) is 1.65. The van der Waals surface area contributed by atoms with Crippen LogP contribution in [0.3, 0.4) is 0 Å². The number of carboxylic acid groups (broad SMARTS) is 1. The molecule has 0 aliphatic carbocycles. The summed E-state index contributed by atoms with van der Waals surface area (Å²) in [6, 6.07) is 1.71. The van der Waals surface area contributed by atoms with E-state index >= 15 is 0 Å². The molecule has 0 radical (unpaired) electrons. The quantitative estimate of drug-likeness (QED) is 0.796. The van der Waals surface area contributed by atoms with Gasteiger partial charge >= 0.3 is 5.97 Å². The van der Waals surface area contributed by atoms with Gasteiger partial charge in [0.1, 0.15) is 16.4 Å². The van der Waals surface area contributed by atoms with E-state index in [1.807, 2.05) is 0 Å². The number of carbonyl (C=O) groups is 1. The number of hydrogen-bond donors (Lipinski definition) is 1. The smallest absolute Gasteiger partial charge is 0.356 e. The van der Waals surface area contributed by atoms with Gasteiger partial charge in [-0.1, -0.05) is 0 Å². The molecule has 0 saturated carbocycles. The van der Waals surface area contributed by atoms with E-state index in [4.69, 9.17) is 5.11 Å². The first kappa shape index (κ1) is 10.5. The maximum Gasteiger partial charge on any atom is 0.356 e. The van der Waals surface area contributed by atoms with Crippen molar-refractivity contribution in [1.82, 2.24) is 19.9 Å². The summed E-state index contributed by atoms with van der Waals surface area (Å²) in [6.45, 7) is 0. The highest BCUT2D eigenvalue weighted by Crippen LogP contribution is 2.22. The summed E-state index contributed by atoms with van der Waals surface area (Å²) in [4.78, 5) is 26.1. The summed E-state index contributed by atoms with van der Waals surface area (Å²) < 4.78 is 0. The standard InChI is InChI=1S/C9H6N4O2S/c14-9(15)6-3-11-4-8(13-6)16-7-1-2-10-5-12-7/h1-5H,(H,14,15). The fraction of sp³-hybridized carbons (Fsp3) is 0. The lowest BCUT2D eigenvalue weighted by molar-refractivity contribution is 0.0689. The first-order valence-corrected chi connectivity index (χ1v) is 5.06. The lowest BCUT2D eigenvalue weighted by Crippen LogP contribution is -2.01. The second-order valence-corrected chi connectivity index (χ2v) is 3.74. The largest absolute Gasteiger partial charge is 0.476 e. The van der Waals surface area contributed by atoms with Crippen LogP contribution in [0.1, 0.15) is 10.5 Å². The van der Waals surface area contributed by atoms with Crippen molar-refractivity contribution in [3.05, 3.63) is 36.7 Å². The molecule has 0 aliphatic heterocycles. The Morgan fingerprint density at radius 1 is 1.25 bits per heavy atom. The van der Waals surface area contributed by atoms with E-state index in [0.717, 1.165) is 0 Å². The molecule has 80 valence electrons. The van der Waals surface area contributed by atoms with Crippen molar-refractivity contribution in [2.45, 2.75) is 10.1 Å². The molecule has 1 N–H and O–H groups in total. The van der Waals surface area contributed by atoms with Crippen molar-refractivity contribution in [3.8, 4) is 0 Å². The van der Waals surface area contributed by atoms with Crippen LogP contribution in [0.15, 0.2) is 41.0 Å². The summed E-state index contributed by atoms with van der Waals surface area (Å²) in [5.74, 6) is -1.10. The molecule has 0 saturated heterocycles. The van der Waals surface area contributed by atoms with Crippen LogP contribution >= 0.6 is 11.8 Å². The topological polar surface area (TPSA) is 88.9 Å². The predicted octanol–water partition coefficient (Wildman–Crippen LogP) is 1.12. The fourth-order valence-electron chi connectivity index (χ4n) is 0.946. The Morgan fingerprint density at radius 3 is 2.81 bits per heavy atom. The molecule has 0 atom stereocenters. The molecule has 0 unspecified atom stereocenters. The SMILES string of the molecule is O=C(O)c1cncc(Sc2ccncn2)n1. The lowest BCUT2D eigenvalue weighted by atomic mass is 10.5. The van der Waals surface area contributed by atoms with Gasteiger partial charge in [0.25, 0.3) is 0 Å². The molecule has 7 heteroatoms. The number of aromatic nitrogens is 4. The monoisotopic (exact) mass is 234 g/mol. The molecule has 6 nitrogen and oxygen atoms in total. The number of hydrogen-bond acceptors (Lipinski definition) is 6. The van der Waals surface area contributed by atoms with Crippen LogP contribution in [0.4, 0.5) is 0 Å². The van der Waals surface area contributed by atoms with E-state index < -0.39 is 5.97 Å². The summed E-state index contributed by atoms with van der Waals surface area (Å²) >= 11 is 1.23. The zero-order valence-electron chi connectivity index (χ0n) is 7.94. The second-order valence-electron chi connectivity index (χ2n) is 2.70. The van der Waals surface area contributed by atoms with Crippen LogP contribution in [-0.2, 0) is 0 Å². The average molecular weight is 234 g/mol. The van der Waals surface area contributed by atoms with Crippen molar-refractivity contribution < 1.29 is 9.90 Å². The second kappa shape index (κ2) is 4.67. The van der Waals surface area contributed by atoms with E-state index in [2.05, 4.69) is 19.9 Å². The Hall–Kier alpha value is -2.02.